The van der Waals surface area contributed by atoms with Gasteiger partial charge < -0.3 is 9.15 Å². The largest absolute Gasteiger partial charge is 0.459 e. The van der Waals surface area contributed by atoms with Crippen molar-refractivity contribution < 1.29 is 9.15 Å². The Bertz CT molecular complexity index is 1750. The van der Waals surface area contributed by atoms with Gasteiger partial charge in [-0.1, -0.05) is 49.1 Å². The van der Waals surface area contributed by atoms with Crippen LogP contribution in [0, 0.1) is 0 Å². The number of nitrogens with zero attached hydrogens (tertiary/aromatic N) is 4. The highest BCUT2D eigenvalue weighted by Crippen LogP contribution is 2.30. The average molecular weight is 511 g/mol. The number of rotatable bonds is 3. The van der Waals surface area contributed by atoms with Crippen molar-refractivity contribution in [3.8, 4) is 5.75 Å². The molecular weight excluding hydrogens is 484 g/mol. The quantitative estimate of drug-likeness (QED) is 0.305. The fourth-order valence-corrected chi connectivity index (χ4v) is 5.10. The standard InChI is InChI=1S/C33H26N4O2/c1-21-10-13-26(36-20-24-6-2-4-8-30(24)38-21)27-14-11-22(18-34-27)23-12-15-28(35-19-23)29-16-17-32-33(37-29)25-7-3-5-9-31(25)39-32/h2-4,6-8,10-18,23H,1,5,9,19-20H2/b13-10-,36-26?. The van der Waals surface area contributed by atoms with Crippen molar-refractivity contribution in [2.24, 2.45) is 9.98 Å². The minimum absolute atomic E-state index is 0.154. The van der Waals surface area contributed by atoms with Crippen molar-refractivity contribution >= 4 is 28.6 Å². The zero-order chi connectivity index (χ0) is 26.2. The first-order valence-corrected chi connectivity index (χ1v) is 13.2. The van der Waals surface area contributed by atoms with Gasteiger partial charge >= 0.3 is 0 Å². The Morgan fingerprint density at radius 2 is 1.77 bits per heavy atom. The van der Waals surface area contributed by atoms with Crippen molar-refractivity contribution in [3.05, 3.63) is 131 Å². The van der Waals surface area contributed by atoms with Crippen LogP contribution in [0.1, 0.15) is 46.2 Å². The van der Waals surface area contributed by atoms with Crippen LogP contribution < -0.4 is 4.74 Å². The number of allylic oxidation sites excluding steroid dienone is 4. The first kappa shape index (κ1) is 23.3. The van der Waals surface area contributed by atoms with Gasteiger partial charge in [0.05, 0.1) is 35.9 Å². The zero-order valence-electron chi connectivity index (χ0n) is 21.4. The molecule has 0 radical (unpaired) electrons. The molecule has 5 heterocycles. The lowest BCUT2D eigenvalue weighted by atomic mass is 9.96. The Hall–Kier alpha value is -4.84. The lowest BCUT2D eigenvalue weighted by molar-refractivity contribution is 0.442. The molecule has 1 aromatic carbocycles. The van der Waals surface area contributed by atoms with Gasteiger partial charge in [-0.25, -0.2) is 4.98 Å². The minimum atomic E-state index is 0.154. The van der Waals surface area contributed by atoms with E-state index in [0.717, 1.165) is 75.0 Å². The van der Waals surface area contributed by atoms with Gasteiger partial charge in [0.2, 0.25) is 0 Å². The molecule has 0 spiro atoms. The van der Waals surface area contributed by atoms with Gasteiger partial charge in [0.25, 0.3) is 0 Å². The molecule has 1 atom stereocenters. The predicted molar refractivity (Wildman–Crippen MR) is 154 cm³/mol. The summed E-state index contributed by atoms with van der Waals surface area (Å²) in [6.07, 6.45) is 16.1. The number of aromatic nitrogens is 2. The number of ether oxygens (including phenoxy) is 1. The van der Waals surface area contributed by atoms with Crippen LogP contribution in [-0.4, -0.2) is 27.9 Å². The summed E-state index contributed by atoms with van der Waals surface area (Å²) in [5.41, 5.74) is 8.32. The minimum Gasteiger partial charge on any atom is -0.459 e. The van der Waals surface area contributed by atoms with Gasteiger partial charge in [-0.2, -0.15) is 0 Å². The predicted octanol–water partition coefficient (Wildman–Crippen LogP) is 6.78. The number of dihydropyridines is 1. The van der Waals surface area contributed by atoms with Gasteiger partial charge in [-0.3, -0.25) is 15.0 Å². The fraction of sp³-hybridized carbons (Fsp3) is 0.152. The molecule has 4 aromatic rings. The molecule has 7 rings (SSSR count). The highest BCUT2D eigenvalue weighted by Gasteiger charge is 2.19. The van der Waals surface area contributed by atoms with Gasteiger partial charge in [0.15, 0.2) is 5.58 Å². The van der Waals surface area contributed by atoms with Crippen molar-refractivity contribution in [2.45, 2.75) is 25.3 Å². The van der Waals surface area contributed by atoms with E-state index in [-0.39, 0.29) is 5.92 Å². The maximum Gasteiger partial charge on any atom is 0.153 e. The van der Waals surface area contributed by atoms with E-state index >= 15 is 0 Å². The first-order chi connectivity index (χ1) is 19.2. The summed E-state index contributed by atoms with van der Waals surface area (Å²) in [5.74, 6) is 2.52. The highest BCUT2D eigenvalue weighted by atomic mass is 16.5. The van der Waals surface area contributed by atoms with E-state index in [1.807, 2.05) is 60.8 Å². The van der Waals surface area contributed by atoms with Crippen LogP contribution in [0.2, 0.25) is 0 Å². The Kier molecular flexibility index (Phi) is 5.85. The number of hydrogen-bond acceptors (Lipinski definition) is 6. The molecule has 39 heavy (non-hydrogen) atoms. The normalized spacial score (nSPS) is 19.2. The number of fused-ring (bicyclic) bond motifs is 4. The number of para-hydroxylation sites is 1. The molecular formula is C33H26N4O2. The van der Waals surface area contributed by atoms with Gasteiger partial charge in [0.1, 0.15) is 22.8 Å². The van der Waals surface area contributed by atoms with Crippen LogP contribution in [0.25, 0.3) is 17.2 Å². The monoisotopic (exact) mass is 510 g/mol. The Morgan fingerprint density at radius 3 is 2.64 bits per heavy atom. The Balaban J connectivity index is 1.09. The topological polar surface area (TPSA) is 72.9 Å². The Morgan fingerprint density at radius 1 is 0.872 bits per heavy atom. The molecule has 0 fully saturated rings. The fourth-order valence-electron chi connectivity index (χ4n) is 5.10. The van der Waals surface area contributed by atoms with Crippen molar-refractivity contribution in [1.82, 2.24) is 9.97 Å². The third kappa shape index (κ3) is 4.55. The molecule has 3 aromatic heterocycles. The molecule has 0 N–H and O–H groups in total. The van der Waals surface area contributed by atoms with Crippen LogP contribution in [0.5, 0.6) is 5.75 Å². The number of hydrogen-bond donors (Lipinski definition) is 0. The van der Waals surface area contributed by atoms with Gasteiger partial charge in [-0.15, -0.1) is 0 Å². The van der Waals surface area contributed by atoms with Crippen LogP contribution in [-0.2, 0) is 13.0 Å². The van der Waals surface area contributed by atoms with E-state index in [1.54, 1.807) is 0 Å². The number of pyridine rings is 2. The summed E-state index contributed by atoms with van der Waals surface area (Å²) in [6.45, 7) is 5.15. The zero-order valence-corrected chi connectivity index (χ0v) is 21.4. The summed E-state index contributed by atoms with van der Waals surface area (Å²) in [6, 6.07) is 16.0. The molecule has 0 saturated carbocycles. The van der Waals surface area contributed by atoms with Crippen LogP contribution in [0.15, 0.2) is 112 Å². The summed E-state index contributed by atoms with van der Waals surface area (Å²) >= 11 is 0. The van der Waals surface area contributed by atoms with Crippen LogP contribution in [0.4, 0.5) is 0 Å². The lowest BCUT2D eigenvalue weighted by Gasteiger charge is -2.16. The Labute approximate surface area is 226 Å². The number of furan rings is 1. The van der Waals surface area contributed by atoms with E-state index in [4.69, 9.17) is 29.1 Å². The number of aryl methyl sites for hydroxylation is 1. The van der Waals surface area contributed by atoms with Gasteiger partial charge in [-0.05, 0) is 54.5 Å². The lowest BCUT2D eigenvalue weighted by Crippen LogP contribution is -2.12. The van der Waals surface area contributed by atoms with Crippen LogP contribution in [0.3, 0.4) is 0 Å². The first-order valence-electron chi connectivity index (χ1n) is 13.2. The molecule has 1 aliphatic carbocycles. The third-order valence-corrected chi connectivity index (χ3v) is 7.21. The molecule has 6 nitrogen and oxygen atoms in total. The van der Waals surface area contributed by atoms with E-state index < -0.39 is 0 Å². The van der Waals surface area contributed by atoms with E-state index in [0.29, 0.717) is 18.8 Å². The molecule has 0 bridgehead atoms. The second kappa shape index (κ2) is 9.80. The maximum absolute atomic E-state index is 6.00. The van der Waals surface area contributed by atoms with E-state index in [1.165, 1.54) is 0 Å². The molecule has 1 unspecified atom stereocenters. The molecule has 190 valence electrons. The molecule has 3 aliphatic rings. The van der Waals surface area contributed by atoms with Crippen LogP contribution >= 0.6 is 0 Å². The molecule has 0 amide bonds. The third-order valence-electron chi connectivity index (χ3n) is 7.21. The second-order valence-corrected chi connectivity index (χ2v) is 9.80. The smallest absolute Gasteiger partial charge is 0.153 e. The summed E-state index contributed by atoms with van der Waals surface area (Å²) in [4.78, 5) is 19.3. The molecule has 2 aliphatic heterocycles. The van der Waals surface area contributed by atoms with E-state index in [9.17, 15) is 0 Å². The summed E-state index contributed by atoms with van der Waals surface area (Å²) < 4.78 is 11.9. The summed E-state index contributed by atoms with van der Waals surface area (Å²) in [7, 11) is 0. The molecule has 6 heteroatoms. The van der Waals surface area contributed by atoms with Crippen molar-refractivity contribution in [3.63, 3.8) is 0 Å². The SMILES string of the molecule is C=C1/C=C\C(c2ccc(C3C=CC(c4ccc5oc6c(c5n4)C=CCC6)=NC3)cn2)=NCc2ccccc2O1. The maximum atomic E-state index is 6.00. The van der Waals surface area contributed by atoms with E-state index in [2.05, 4.69) is 36.9 Å². The van der Waals surface area contributed by atoms with Gasteiger partial charge in [0, 0.05) is 29.7 Å². The highest BCUT2D eigenvalue weighted by molar-refractivity contribution is 6.09. The average Bonchev–Trinajstić information content (AvgIpc) is 3.39. The number of aliphatic imine (C=N–C) groups is 2. The number of benzene rings is 1. The second-order valence-electron chi connectivity index (χ2n) is 9.80. The van der Waals surface area contributed by atoms with Crippen molar-refractivity contribution in [2.75, 3.05) is 6.54 Å². The molecule has 0 saturated heterocycles. The van der Waals surface area contributed by atoms with Crippen molar-refractivity contribution in [1.29, 1.82) is 0 Å². The summed E-state index contributed by atoms with van der Waals surface area (Å²) in [5, 5.41) is 0.